The molecule has 0 aromatic rings. The highest BCUT2D eigenvalue weighted by atomic mass is 16.7. The predicted molar refractivity (Wildman–Crippen MR) is 96.7 cm³/mol. The second-order valence-corrected chi connectivity index (χ2v) is 7.60. The van der Waals surface area contributed by atoms with Crippen LogP contribution in [0.2, 0.25) is 0 Å². The molecule has 24 heavy (non-hydrogen) atoms. The van der Waals surface area contributed by atoms with Crippen LogP contribution in [0.15, 0.2) is 23.3 Å². The molecular weight excluding hydrogens is 304 g/mol. The summed E-state index contributed by atoms with van der Waals surface area (Å²) >= 11 is 0. The fraction of sp³-hybridized carbons (Fsp3) is 0.750. The van der Waals surface area contributed by atoms with Crippen LogP contribution < -0.4 is 0 Å². The Morgan fingerprint density at radius 2 is 1.92 bits per heavy atom. The third-order valence-electron chi connectivity index (χ3n) is 3.93. The van der Waals surface area contributed by atoms with E-state index in [1.54, 1.807) is 0 Å². The van der Waals surface area contributed by atoms with Crippen LogP contribution in [0.1, 0.15) is 66.7 Å². The van der Waals surface area contributed by atoms with Crippen molar-refractivity contribution in [3.63, 3.8) is 0 Å². The molecule has 0 amide bonds. The first-order valence-electron chi connectivity index (χ1n) is 9.00. The van der Waals surface area contributed by atoms with Crippen molar-refractivity contribution in [3.8, 4) is 0 Å². The number of carbonyl (C=O) groups excluding carboxylic acids is 1. The Hall–Kier alpha value is -1.13. The van der Waals surface area contributed by atoms with E-state index in [1.807, 2.05) is 27.7 Å². The average Bonchev–Trinajstić information content (AvgIpc) is 2.52. The van der Waals surface area contributed by atoms with Gasteiger partial charge in [-0.05, 0) is 72.3 Å². The number of hydrogen-bond donors (Lipinski definition) is 0. The van der Waals surface area contributed by atoms with Crippen LogP contribution in [0, 0.1) is 5.41 Å². The quantitative estimate of drug-likeness (QED) is 0.471. The van der Waals surface area contributed by atoms with E-state index in [1.165, 1.54) is 12.0 Å². The molecule has 0 N–H and O–H groups in total. The molecule has 1 atom stereocenters. The van der Waals surface area contributed by atoms with Crippen molar-refractivity contribution in [1.29, 1.82) is 0 Å². The van der Waals surface area contributed by atoms with Crippen molar-refractivity contribution in [2.45, 2.75) is 73.0 Å². The van der Waals surface area contributed by atoms with Gasteiger partial charge in [-0.3, -0.25) is 4.79 Å². The minimum absolute atomic E-state index is 0.0255. The second kappa shape index (κ2) is 10.7. The van der Waals surface area contributed by atoms with E-state index in [2.05, 4.69) is 19.1 Å². The Morgan fingerprint density at radius 3 is 2.54 bits per heavy atom. The molecule has 138 valence electrons. The van der Waals surface area contributed by atoms with Gasteiger partial charge in [0.15, 0.2) is 6.29 Å². The van der Waals surface area contributed by atoms with Crippen LogP contribution in [0.4, 0.5) is 0 Å². The summed E-state index contributed by atoms with van der Waals surface area (Å²) in [4.78, 5) is 11.7. The first-order chi connectivity index (χ1) is 11.3. The van der Waals surface area contributed by atoms with Crippen molar-refractivity contribution < 1.29 is 19.0 Å². The molecule has 1 heterocycles. The van der Waals surface area contributed by atoms with E-state index in [0.29, 0.717) is 13.2 Å². The van der Waals surface area contributed by atoms with Gasteiger partial charge in [0.25, 0.3) is 0 Å². The SMILES string of the molecule is C/C(=C\COC1CCCCO1)CC/C=C(\C)COC(=O)C(C)(C)C. The summed E-state index contributed by atoms with van der Waals surface area (Å²) < 4.78 is 16.5. The highest BCUT2D eigenvalue weighted by molar-refractivity contribution is 5.75. The average molecular weight is 338 g/mol. The van der Waals surface area contributed by atoms with Crippen molar-refractivity contribution in [3.05, 3.63) is 23.3 Å². The summed E-state index contributed by atoms with van der Waals surface area (Å²) in [5, 5.41) is 0. The minimum Gasteiger partial charge on any atom is -0.461 e. The van der Waals surface area contributed by atoms with Gasteiger partial charge in [-0.1, -0.05) is 17.7 Å². The summed E-state index contributed by atoms with van der Waals surface area (Å²) in [6.07, 6.45) is 9.51. The van der Waals surface area contributed by atoms with Crippen LogP contribution in [-0.2, 0) is 19.0 Å². The van der Waals surface area contributed by atoms with Crippen LogP contribution in [-0.4, -0.2) is 32.1 Å². The van der Waals surface area contributed by atoms with E-state index in [9.17, 15) is 4.79 Å². The fourth-order valence-corrected chi connectivity index (χ4v) is 2.24. The first kappa shape index (κ1) is 20.9. The van der Waals surface area contributed by atoms with E-state index in [0.717, 1.165) is 37.9 Å². The van der Waals surface area contributed by atoms with E-state index >= 15 is 0 Å². The molecule has 1 aliphatic rings. The summed E-state index contributed by atoms with van der Waals surface area (Å²) in [6.45, 7) is 11.5. The summed E-state index contributed by atoms with van der Waals surface area (Å²) in [5.41, 5.74) is 1.95. The predicted octanol–water partition coefficient (Wildman–Crippen LogP) is 4.79. The van der Waals surface area contributed by atoms with Gasteiger partial charge in [-0.15, -0.1) is 0 Å². The molecule has 0 radical (unpaired) electrons. The van der Waals surface area contributed by atoms with Gasteiger partial charge < -0.3 is 14.2 Å². The van der Waals surface area contributed by atoms with Gasteiger partial charge in [0.05, 0.1) is 12.0 Å². The molecule has 1 saturated heterocycles. The minimum atomic E-state index is -0.443. The monoisotopic (exact) mass is 338 g/mol. The van der Waals surface area contributed by atoms with E-state index in [4.69, 9.17) is 14.2 Å². The number of carbonyl (C=O) groups is 1. The summed E-state index contributed by atoms with van der Waals surface area (Å²) in [7, 11) is 0. The Morgan fingerprint density at radius 1 is 1.17 bits per heavy atom. The molecular formula is C20H34O4. The number of allylic oxidation sites excluding steroid dienone is 2. The molecule has 0 saturated carbocycles. The second-order valence-electron chi connectivity index (χ2n) is 7.60. The molecule has 4 nitrogen and oxygen atoms in total. The van der Waals surface area contributed by atoms with Gasteiger partial charge >= 0.3 is 5.97 Å². The highest BCUT2D eigenvalue weighted by Gasteiger charge is 2.22. The third kappa shape index (κ3) is 9.24. The number of rotatable bonds is 8. The zero-order valence-electron chi connectivity index (χ0n) is 16.0. The molecule has 1 aliphatic heterocycles. The largest absolute Gasteiger partial charge is 0.461 e. The highest BCUT2D eigenvalue weighted by Crippen LogP contribution is 2.16. The van der Waals surface area contributed by atoms with Crippen molar-refractivity contribution in [1.82, 2.24) is 0 Å². The van der Waals surface area contributed by atoms with Crippen molar-refractivity contribution in [2.75, 3.05) is 19.8 Å². The van der Waals surface area contributed by atoms with Crippen molar-refractivity contribution in [2.24, 2.45) is 5.41 Å². The zero-order chi connectivity index (χ0) is 18.0. The maximum atomic E-state index is 11.7. The third-order valence-corrected chi connectivity index (χ3v) is 3.93. The zero-order valence-corrected chi connectivity index (χ0v) is 16.0. The Bertz CT molecular complexity index is 437. The molecule has 0 spiro atoms. The van der Waals surface area contributed by atoms with Crippen molar-refractivity contribution >= 4 is 5.97 Å². The standard InChI is InChI=1S/C20H34O4/c1-16(12-14-23-18-11-6-7-13-22-18)9-8-10-17(2)15-24-19(21)20(3,4)5/h10,12,18H,6-9,11,13-15H2,1-5H3/b16-12+,17-10+. The molecule has 1 fully saturated rings. The Balaban J connectivity index is 2.19. The lowest BCUT2D eigenvalue weighted by molar-refractivity contribution is -0.155. The Kier molecular flexibility index (Phi) is 9.30. The lowest BCUT2D eigenvalue weighted by Gasteiger charge is -2.22. The lowest BCUT2D eigenvalue weighted by atomic mass is 9.97. The molecule has 0 bridgehead atoms. The maximum absolute atomic E-state index is 11.7. The fourth-order valence-electron chi connectivity index (χ4n) is 2.24. The normalized spacial score (nSPS) is 20.1. The summed E-state index contributed by atoms with van der Waals surface area (Å²) in [6, 6.07) is 0. The summed E-state index contributed by atoms with van der Waals surface area (Å²) in [5.74, 6) is -0.159. The van der Waals surface area contributed by atoms with Gasteiger partial charge in [0.2, 0.25) is 0 Å². The van der Waals surface area contributed by atoms with Gasteiger partial charge in [-0.2, -0.15) is 0 Å². The number of esters is 1. The van der Waals surface area contributed by atoms with Crippen LogP contribution in [0.3, 0.4) is 0 Å². The van der Waals surface area contributed by atoms with E-state index in [-0.39, 0.29) is 12.3 Å². The molecule has 1 rings (SSSR count). The Labute approximate surface area is 147 Å². The first-order valence-corrected chi connectivity index (χ1v) is 9.00. The maximum Gasteiger partial charge on any atom is 0.311 e. The topological polar surface area (TPSA) is 44.8 Å². The molecule has 0 aromatic carbocycles. The smallest absolute Gasteiger partial charge is 0.311 e. The lowest BCUT2D eigenvalue weighted by Crippen LogP contribution is -2.23. The van der Waals surface area contributed by atoms with E-state index < -0.39 is 5.41 Å². The molecule has 1 unspecified atom stereocenters. The number of hydrogen-bond acceptors (Lipinski definition) is 4. The van der Waals surface area contributed by atoms with Gasteiger partial charge in [0, 0.05) is 6.61 Å². The molecule has 4 heteroatoms. The molecule has 0 aromatic heterocycles. The van der Waals surface area contributed by atoms with Gasteiger partial charge in [0.1, 0.15) is 6.61 Å². The van der Waals surface area contributed by atoms with Crippen LogP contribution in [0.25, 0.3) is 0 Å². The van der Waals surface area contributed by atoms with Crippen LogP contribution in [0.5, 0.6) is 0 Å². The number of ether oxygens (including phenoxy) is 3. The van der Waals surface area contributed by atoms with Gasteiger partial charge in [-0.25, -0.2) is 0 Å². The molecule has 0 aliphatic carbocycles. The van der Waals surface area contributed by atoms with Crippen LogP contribution >= 0.6 is 0 Å².